The number of aromatic amines is 1. The van der Waals surface area contributed by atoms with Gasteiger partial charge in [-0.05, 0) is 6.07 Å². The molecule has 0 aliphatic heterocycles. The molecule has 2 N–H and O–H groups in total. The summed E-state index contributed by atoms with van der Waals surface area (Å²) in [7, 11) is 0. The van der Waals surface area contributed by atoms with Crippen LogP contribution in [0.3, 0.4) is 0 Å². The van der Waals surface area contributed by atoms with Crippen molar-refractivity contribution < 1.29 is 5.11 Å². The number of benzene rings is 1. The lowest BCUT2D eigenvalue weighted by Gasteiger charge is -2.07. The number of aliphatic hydroxyl groups is 1. The van der Waals surface area contributed by atoms with Gasteiger partial charge in [-0.1, -0.05) is 18.2 Å². The normalized spacial score (nSPS) is 11.5. The van der Waals surface area contributed by atoms with E-state index in [2.05, 4.69) is 20.3 Å². The molecule has 0 amide bonds. The van der Waals surface area contributed by atoms with E-state index >= 15 is 0 Å². The first kappa shape index (κ1) is 12.7. The highest BCUT2D eigenvalue weighted by molar-refractivity contribution is 5.94. The minimum atomic E-state index is -0.306. The van der Waals surface area contributed by atoms with Gasteiger partial charge < -0.3 is 10.1 Å². The van der Waals surface area contributed by atoms with Gasteiger partial charge in [0.05, 0.1) is 13.2 Å². The standard InChI is InChI=1S/C14H12N6O2/c21-6-5-19-13(22)12(18-20-8-16-17-14(19)20)10-7-15-11-4-2-1-3-9(10)11/h1-4,7-8,15,21H,5-6H2. The zero-order valence-electron chi connectivity index (χ0n) is 11.5. The Bertz CT molecular complexity index is 1030. The molecule has 0 fully saturated rings. The molecule has 0 radical (unpaired) electrons. The van der Waals surface area contributed by atoms with Gasteiger partial charge in [-0.2, -0.15) is 9.61 Å². The summed E-state index contributed by atoms with van der Waals surface area (Å²) in [6.07, 6.45) is 3.19. The lowest BCUT2D eigenvalue weighted by Crippen LogP contribution is -2.27. The van der Waals surface area contributed by atoms with E-state index in [1.807, 2.05) is 24.3 Å². The van der Waals surface area contributed by atoms with E-state index in [4.69, 9.17) is 0 Å². The molecule has 0 saturated heterocycles. The minimum absolute atomic E-state index is 0.138. The molecule has 0 bridgehead atoms. The second-order valence-electron chi connectivity index (χ2n) is 4.85. The van der Waals surface area contributed by atoms with E-state index in [1.165, 1.54) is 15.4 Å². The van der Waals surface area contributed by atoms with Crippen molar-refractivity contribution in [3.63, 3.8) is 0 Å². The average molecular weight is 296 g/mol. The predicted octanol–water partition coefficient (Wildman–Crippen LogP) is 0.427. The molecule has 22 heavy (non-hydrogen) atoms. The second-order valence-corrected chi connectivity index (χ2v) is 4.85. The van der Waals surface area contributed by atoms with E-state index in [0.29, 0.717) is 17.0 Å². The number of nitrogens with one attached hydrogen (secondary N) is 1. The summed E-state index contributed by atoms with van der Waals surface area (Å²) < 4.78 is 2.81. The van der Waals surface area contributed by atoms with Gasteiger partial charge in [0, 0.05) is 22.7 Å². The van der Waals surface area contributed by atoms with Crippen LogP contribution in [0.1, 0.15) is 0 Å². The third-order valence-corrected chi connectivity index (χ3v) is 3.58. The van der Waals surface area contributed by atoms with Crippen LogP contribution in [-0.2, 0) is 6.54 Å². The summed E-state index contributed by atoms with van der Waals surface area (Å²) in [5.74, 6) is 0.308. The number of rotatable bonds is 3. The number of hydrogen-bond acceptors (Lipinski definition) is 5. The second kappa shape index (κ2) is 4.78. The number of aromatic nitrogens is 6. The Morgan fingerprint density at radius 1 is 1.27 bits per heavy atom. The summed E-state index contributed by atoms with van der Waals surface area (Å²) in [4.78, 5) is 15.8. The van der Waals surface area contributed by atoms with Crippen molar-refractivity contribution in [2.45, 2.75) is 6.54 Å². The maximum absolute atomic E-state index is 12.7. The Morgan fingerprint density at radius 2 is 2.14 bits per heavy atom. The highest BCUT2D eigenvalue weighted by Gasteiger charge is 2.16. The number of para-hydroxylation sites is 1. The summed E-state index contributed by atoms with van der Waals surface area (Å²) in [5.41, 5.74) is 1.62. The molecule has 0 unspecified atom stereocenters. The maximum Gasteiger partial charge on any atom is 0.281 e. The molecule has 110 valence electrons. The maximum atomic E-state index is 12.7. The largest absolute Gasteiger partial charge is 0.395 e. The lowest BCUT2D eigenvalue weighted by atomic mass is 10.1. The summed E-state index contributed by atoms with van der Waals surface area (Å²) >= 11 is 0. The van der Waals surface area contributed by atoms with Crippen LogP contribution in [0.2, 0.25) is 0 Å². The number of hydrogen-bond donors (Lipinski definition) is 2. The molecule has 0 aliphatic carbocycles. The molecule has 1 aromatic carbocycles. The number of fused-ring (bicyclic) bond motifs is 2. The van der Waals surface area contributed by atoms with Crippen LogP contribution in [0.15, 0.2) is 41.6 Å². The Kier molecular flexibility index (Phi) is 2.76. The molecule has 0 aliphatic rings. The van der Waals surface area contributed by atoms with Gasteiger partial charge in [-0.25, -0.2) is 0 Å². The summed E-state index contributed by atoms with van der Waals surface area (Å²) in [5, 5.41) is 22.1. The first-order chi connectivity index (χ1) is 10.8. The van der Waals surface area contributed by atoms with Gasteiger partial charge in [0.2, 0.25) is 0 Å². The van der Waals surface area contributed by atoms with Crippen molar-refractivity contribution in [2.24, 2.45) is 0 Å². The monoisotopic (exact) mass is 296 g/mol. The van der Waals surface area contributed by atoms with Crippen molar-refractivity contribution in [3.8, 4) is 11.3 Å². The average Bonchev–Trinajstić information content (AvgIpc) is 3.16. The highest BCUT2D eigenvalue weighted by atomic mass is 16.3. The van der Waals surface area contributed by atoms with Crippen molar-refractivity contribution in [1.29, 1.82) is 0 Å². The van der Waals surface area contributed by atoms with Crippen molar-refractivity contribution in [2.75, 3.05) is 6.61 Å². The van der Waals surface area contributed by atoms with E-state index in [-0.39, 0.29) is 18.7 Å². The Labute approximate surface area is 123 Å². The zero-order valence-corrected chi connectivity index (χ0v) is 11.5. The SMILES string of the molecule is O=c1c(-c2c[nH]c3ccccc23)nn2cnnc2n1CCO. The van der Waals surface area contributed by atoms with E-state index in [9.17, 15) is 9.90 Å². The predicted molar refractivity (Wildman–Crippen MR) is 79.4 cm³/mol. The van der Waals surface area contributed by atoms with Crippen LogP contribution in [-0.4, -0.2) is 41.1 Å². The van der Waals surface area contributed by atoms with Crippen LogP contribution < -0.4 is 5.56 Å². The fraction of sp³-hybridized carbons (Fsp3) is 0.143. The molecule has 4 rings (SSSR count). The van der Waals surface area contributed by atoms with E-state index < -0.39 is 0 Å². The van der Waals surface area contributed by atoms with Gasteiger partial charge in [-0.15, -0.1) is 10.2 Å². The molecular formula is C14H12N6O2. The quantitative estimate of drug-likeness (QED) is 0.571. The van der Waals surface area contributed by atoms with Crippen molar-refractivity contribution in [1.82, 2.24) is 29.4 Å². The first-order valence-electron chi connectivity index (χ1n) is 6.78. The Hall–Kier alpha value is -3.00. The van der Waals surface area contributed by atoms with Crippen molar-refractivity contribution >= 4 is 16.7 Å². The number of aliphatic hydroxyl groups excluding tert-OH is 1. The lowest BCUT2D eigenvalue weighted by molar-refractivity contribution is 0.275. The molecule has 8 nitrogen and oxygen atoms in total. The van der Waals surface area contributed by atoms with Crippen LogP contribution in [0.25, 0.3) is 27.9 Å². The molecular weight excluding hydrogens is 284 g/mol. The first-order valence-corrected chi connectivity index (χ1v) is 6.78. The molecule has 8 heteroatoms. The molecule has 3 aromatic heterocycles. The van der Waals surface area contributed by atoms with Crippen LogP contribution in [0, 0.1) is 0 Å². The minimum Gasteiger partial charge on any atom is -0.395 e. The van der Waals surface area contributed by atoms with Crippen LogP contribution >= 0.6 is 0 Å². The van der Waals surface area contributed by atoms with Gasteiger partial charge in [-0.3, -0.25) is 9.36 Å². The van der Waals surface area contributed by atoms with Gasteiger partial charge >= 0.3 is 0 Å². The van der Waals surface area contributed by atoms with Gasteiger partial charge in [0.25, 0.3) is 11.3 Å². The van der Waals surface area contributed by atoms with E-state index in [0.717, 1.165) is 10.9 Å². The van der Waals surface area contributed by atoms with E-state index in [1.54, 1.807) is 6.20 Å². The third-order valence-electron chi connectivity index (χ3n) is 3.58. The summed E-state index contributed by atoms with van der Waals surface area (Å²) in [6, 6.07) is 7.68. The van der Waals surface area contributed by atoms with Gasteiger partial charge in [0.15, 0.2) is 5.69 Å². The Balaban J connectivity index is 2.06. The van der Waals surface area contributed by atoms with Crippen LogP contribution in [0.5, 0.6) is 0 Å². The molecule has 4 aromatic rings. The molecule has 3 heterocycles. The number of nitrogens with zero attached hydrogens (tertiary/aromatic N) is 5. The smallest absolute Gasteiger partial charge is 0.281 e. The molecule has 0 spiro atoms. The Morgan fingerprint density at radius 3 is 3.00 bits per heavy atom. The van der Waals surface area contributed by atoms with Crippen LogP contribution in [0.4, 0.5) is 0 Å². The zero-order chi connectivity index (χ0) is 15.1. The van der Waals surface area contributed by atoms with Gasteiger partial charge in [0.1, 0.15) is 6.33 Å². The topological polar surface area (TPSA) is 101 Å². The third kappa shape index (κ3) is 1.74. The summed E-state index contributed by atoms with van der Waals surface area (Å²) in [6.45, 7) is -0.0291. The highest BCUT2D eigenvalue weighted by Crippen LogP contribution is 2.24. The molecule has 0 saturated carbocycles. The molecule has 0 atom stereocenters. The van der Waals surface area contributed by atoms with Crippen molar-refractivity contribution in [3.05, 3.63) is 47.1 Å². The number of H-pyrrole nitrogens is 1. The fourth-order valence-electron chi connectivity index (χ4n) is 2.58. The fourth-order valence-corrected chi connectivity index (χ4v) is 2.58.